The standard InChI is InChI=1S/C28H32N2O4/c1-32-26-14-8-11-23(15-26)17-30(18-25(31)21-33-20-22-9-4-2-5-10-22)19-27-16-28(29-34-27)24-12-6-3-7-13-24/h2-15,25,27,31H,16-21H2,1H3. The lowest BCUT2D eigenvalue weighted by Gasteiger charge is -2.27. The third kappa shape index (κ3) is 7.15. The molecule has 6 heteroatoms. The first-order chi connectivity index (χ1) is 16.7. The summed E-state index contributed by atoms with van der Waals surface area (Å²) in [5.41, 5.74) is 4.24. The summed E-state index contributed by atoms with van der Waals surface area (Å²) in [6.45, 7) is 2.52. The molecule has 0 aliphatic carbocycles. The number of oxime groups is 1. The second kappa shape index (κ2) is 12.3. The van der Waals surface area contributed by atoms with Crippen molar-refractivity contribution >= 4 is 5.71 Å². The molecule has 3 aromatic rings. The quantitative estimate of drug-likeness (QED) is 0.437. The molecule has 2 unspecified atom stereocenters. The molecule has 3 aromatic carbocycles. The predicted molar refractivity (Wildman–Crippen MR) is 133 cm³/mol. The van der Waals surface area contributed by atoms with Crippen LogP contribution in [0.5, 0.6) is 5.75 Å². The molecule has 2 atom stereocenters. The third-order valence-electron chi connectivity index (χ3n) is 5.73. The molecule has 0 saturated carbocycles. The molecule has 178 valence electrons. The fourth-order valence-corrected chi connectivity index (χ4v) is 4.09. The Morgan fingerprint density at radius 3 is 2.50 bits per heavy atom. The minimum Gasteiger partial charge on any atom is -0.497 e. The molecule has 0 spiro atoms. The van der Waals surface area contributed by atoms with E-state index in [0.29, 0.717) is 26.2 Å². The van der Waals surface area contributed by atoms with Crippen molar-refractivity contribution < 1.29 is 19.4 Å². The molecule has 4 rings (SSSR count). The Morgan fingerprint density at radius 2 is 1.74 bits per heavy atom. The lowest BCUT2D eigenvalue weighted by Crippen LogP contribution is -2.39. The average molecular weight is 461 g/mol. The van der Waals surface area contributed by atoms with E-state index in [-0.39, 0.29) is 12.7 Å². The van der Waals surface area contributed by atoms with Gasteiger partial charge in [0.05, 0.1) is 32.1 Å². The summed E-state index contributed by atoms with van der Waals surface area (Å²) < 4.78 is 11.1. The number of aliphatic hydroxyl groups excluding tert-OH is 1. The van der Waals surface area contributed by atoms with Gasteiger partial charge in [-0.1, -0.05) is 78.0 Å². The summed E-state index contributed by atoms with van der Waals surface area (Å²) in [6.07, 6.45) is 0.0441. The van der Waals surface area contributed by atoms with Crippen molar-refractivity contribution in [1.29, 1.82) is 0 Å². The largest absolute Gasteiger partial charge is 0.497 e. The van der Waals surface area contributed by atoms with Crippen molar-refractivity contribution in [2.45, 2.75) is 31.8 Å². The molecule has 6 nitrogen and oxygen atoms in total. The molecule has 1 heterocycles. The molecule has 34 heavy (non-hydrogen) atoms. The molecule has 1 aliphatic rings. The van der Waals surface area contributed by atoms with E-state index in [4.69, 9.17) is 14.3 Å². The Kier molecular flexibility index (Phi) is 8.68. The Balaban J connectivity index is 1.35. The topological polar surface area (TPSA) is 63.5 Å². The number of aliphatic hydroxyl groups is 1. The molecule has 0 fully saturated rings. The number of ether oxygens (including phenoxy) is 2. The van der Waals surface area contributed by atoms with Gasteiger partial charge in [0, 0.05) is 26.1 Å². The van der Waals surface area contributed by atoms with Crippen molar-refractivity contribution in [1.82, 2.24) is 4.90 Å². The number of benzene rings is 3. The molecule has 0 saturated heterocycles. The maximum Gasteiger partial charge on any atom is 0.145 e. The van der Waals surface area contributed by atoms with Crippen LogP contribution in [0.1, 0.15) is 23.1 Å². The normalized spacial score (nSPS) is 16.2. The highest BCUT2D eigenvalue weighted by Gasteiger charge is 2.25. The van der Waals surface area contributed by atoms with Crippen LogP contribution in [-0.2, 0) is 22.7 Å². The predicted octanol–water partition coefficient (Wildman–Crippen LogP) is 4.27. The van der Waals surface area contributed by atoms with Crippen LogP contribution in [0.2, 0.25) is 0 Å². The van der Waals surface area contributed by atoms with Gasteiger partial charge in [0.25, 0.3) is 0 Å². The first-order valence-electron chi connectivity index (χ1n) is 11.6. The second-order valence-electron chi connectivity index (χ2n) is 8.54. The molecule has 0 amide bonds. The van der Waals surface area contributed by atoms with Gasteiger partial charge in [-0.15, -0.1) is 0 Å². The minimum atomic E-state index is -0.620. The number of rotatable bonds is 12. The van der Waals surface area contributed by atoms with Crippen LogP contribution < -0.4 is 4.74 Å². The minimum absolute atomic E-state index is 0.0711. The molecule has 0 radical (unpaired) electrons. The van der Waals surface area contributed by atoms with Crippen LogP contribution in [0.3, 0.4) is 0 Å². The highest BCUT2D eigenvalue weighted by atomic mass is 16.6. The van der Waals surface area contributed by atoms with Gasteiger partial charge in [0.1, 0.15) is 11.9 Å². The summed E-state index contributed by atoms with van der Waals surface area (Å²) in [5.74, 6) is 0.816. The summed E-state index contributed by atoms with van der Waals surface area (Å²) in [5, 5.41) is 15.0. The Bertz CT molecular complexity index is 1040. The lowest BCUT2D eigenvalue weighted by molar-refractivity contribution is -0.00649. The van der Waals surface area contributed by atoms with Crippen molar-refractivity contribution in [3.8, 4) is 5.75 Å². The highest BCUT2D eigenvalue weighted by molar-refractivity contribution is 6.01. The van der Waals surface area contributed by atoms with Gasteiger partial charge in [-0.05, 0) is 28.8 Å². The summed E-state index contributed by atoms with van der Waals surface area (Å²) in [7, 11) is 1.67. The van der Waals surface area contributed by atoms with Gasteiger partial charge in [-0.3, -0.25) is 4.90 Å². The zero-order chi connectivity index (χ0) is 23.6. The number of hydrogen-bond acceptors (Lipinski definition) is 6. The van der Waals surface area contributed by atoms with E-state index < -0.39 is 6.10 Å². The summed E-state index contributed by atoms with van der Waals surface area (Å²) in [4.78, 5) is 7.96. The van der Waals surface area contributed by atoms with Crippen LogP contribution in [0.15, 0.2) is 90.1 Å². The van der Waals surface area contributed by atoms with Crippen LogP contribution in [0, 0.1) is 0 Å². The van der Waals surface area contributed by atoms with Crippen molar-refractivity contribution in [2.75, 3.05) is 26.8 Å². The van der Waals surface area contributed by atoms with Crippen LogP contribution >= 0.6 is 0 Å². The van der Waals surface area contributed by atoms with E-state index in [1.54, 1.807) is 7.11 Å². The van der Waals surface area contributed by atoms with Crippen LogP contribution in [-0.4, -0.2) is 54.7 Å². The summed E-state index contributed by atoms with van der Waals surface area (Å²) >= 11 is 0. The van der Waals surface area contributed by atoms with E-state index in [1.807, 2.05) is 78.9 Å². The number of methoxy groups -OCH3 is 1. The van der Waals surface area contributed by atoms with E-state index in [2.05, 4.69) is 16.1 Å². The van der Waals surface area contributed by atoms with Crippen molar-refractivity contribution in [3.05, 3.63) is 102 Å². The van der Waals surface area contributed by atoms with Gasteiger partial charge in [0.15, 0.2) is 0 Å². The number of hydrogen-bond donors (Lipinski definition) is 1. The monoisotopic (exact) mass is 460 g/mol. The van der Waals surface area contributed by atoms with E-state index in [9.17, 15) is 5.11 Å². The molecule has 0 aromatic heterocycles. The fourth-order valence-electron chi connectivity index (χ4n) is 4.09. The van der Waals surface area contributed by atoms with E-state index in [0.717, 1.165) is 34.6 Å². The zero-order valence-electron chi connectivity index (χ0n) is 19.5. The molecular weight excluding hydrogens is 428 g/mol. The van der Waals surface area contributed by atoms with Crippen LogP contribution in [0.4, 0.5) is 0 Å². The molecular formula is C28H32N2O4. The van der Waals surface area contributed by atoms with E-state index >= 15 is 0 Å². The summed E-state index contributed by atoms with van der Waals surface area (Å²) in [6, 6.07) is 28.1. The van der Waals surface area contributed by atoms with E-state index in [1.165, 1.54) is 0 Å². The second-order valence-corrected chi connectivity index (χ2v) is 8.54. The van der Waals surface area contributed by atoms with Crippen molar-refractivity contribution in [2.24, 2.45) is 5.16 Å². The zero-order valence-corrected chi connectivity index (χ0v) is 19.5. The first-order valence-corrected chi connectivity index (χ1v) is 11.6. The molecule has 1 aliphatic heterocycles. The lowest BCUT2D eigenvalue weighted by atomic mass is 10.0. The van der Waals surface area contributed by atoms with Gasteiger partial charge in [-0.2, -0.15) is 0 Å². The fraction of sp³-hybridized carbons (Fsp3) is 0.321. The average Bonchev–Trinajstić information content (AvgIpc) is 3.34. The maximum absolute atomic E-state index is 10.7. The SMILES string of the molecule is COc1cccc(CN(CC(O)COCc2ccccc2)CC2CC(c3ccccc3)=NO2)c1. The van der Waals surface area contributed by atoms with Gasteiger partial charge >= 0.3 is 0 Å². The Morgan fingerprint density at radius 1 is 1.00 bits per heavy atom. The maximum atomic E-state index is 10.7. The van der Waals surface area contributed by atoms with Crippen molar-refractivity contribution in [3.63, 3.8) is 0 Å². The Hall–Kier alpha value is -3.19. The number of nitrogens with zero attached hydrogens (tertiary/aromatic N) is 2. The van der Waals surface area contributed by atoms with Gasteiger partial charge < -0.3 is 19.4 Å². The smallest absolute Gasteiger partial charge is 0.145 e. The molecule has 0 bridgehead atoms. The molecule has 1 N–H and O–H groups in total. The third-order valence-corrected chi connectivity index (χ3v) is 5.73. The highest BCUT2D eigenvalue weighted by Crippen LogP contribution is 2.20. The first kappa shape index (κ1) is 24.0. The van der Waals surface area contributed by atoms with Crippen LogP contribution in [0.25, 0.3) is 0 Å². The Labute approximate surface area is 201 Å². The van der Waals surface area contributed by atoms with Gasteiger partial charge in [-0.25, -0.2) is 0 Å². The van der Waals surface area contributed by atoms with Gasteiger partial charge in [0.2, 0.25) is 0 Å².